The lowest BCUT2D eigenvalue weighted by Gasteiger charge is -2.37. The first-order valence-corrected chi connectivity index (χ1v) is 7.66. The first kappa shape index (κ1) is 15.1. The van der Waals surface area contributed by atoms with Crippen molar-refractivity contribution < 1.29 is 14.7 Å². The molecule has 1 saturated carbocycles. The molecule has 0 aromatic carbocycles. The van der Waals surface area contributed by atoms with Crippen LogP contribution in [-0.4, -0.2) is 41.7 Å². The number of hydrogen-bond acceptors (Lipinski definition) is 3. The van der Waals surface area contributed by atoms with Crippen LogP contribution in [0.25, 0.3) is 0 Å². The van der Waals surface area contributed by atoms with Crippen LogP contribution in [0.4, 0.5) is 4.79 Å². The first-order chi connectivity index (χ1) is 8.50. The second kappa shape index (κ2) is 6.87. The summed E-state index contributed by atoms with van der Waals surface area (Å²) in [5.41, 5.74) is -0.722. The van der Waals surface area contributed by atoms with Gasteiger partial charge in [-0.15, -0.1) is 0 Å². The van der Waals surface area contributed by atoms with Gasteiger partial charge in [0, 0.05) is 12.6 Å². The summed E-state index contributed by atoms with van der Waals surface area (Å²) in [6, 6.07) is -0.157. The van der Waals surface area contributed by atoms with E-state index in [-0.39, 0.29) is 18.6 Å². The molecule has 5 nitrogen and oxygen atoms in total. The molecule has 0 bridgehead atoms. The standard InChI is InChI=1S/C12H22N2O3S/c1-9(4-7-18-2)14-11(17)13-8-12(10(15)16)5-3-6-12/h9H,3-8H2,1-2H3,(H,15,16)(H2,13,14,17). The van der Waals surface area contributed by atoms with Crippen LogP contribution in [0.2, 0.25) is 0 Å². The summed E-state index contributed by atoms with van der Waals surface area (Å²) < 4.78 is 0. The molecule has 0 radical (unpaired) electrons. The molecule has 0 aliphatic heterocycles. The van der Waals surface area contributed by atoms with Gasteiger partial charge in [0.25, 0.3) is 0 Å². The molecule has 6 heteroatoms. The van der Waals surface area contributed by atoms with Crippen LogP contribution >= 0.6 is 11.8 Å². The molecule has 1 fully saturated rings. The molecule has 1 aliphatic rings. The lowest BCUT2D eigenvalue weighted by atomic mass is 9.69. The quantitative estimate of drug-likeness (QED) is 0.660. The number of rotatable bonds is 7. The highest BCUT2D eigenvalue weighted by atomic mass is 32.2. The van der Waals surface area contributed by atoms with Crippen molar-refractivity contribution in [2.24, 2.45) is 5.41 Å². The number of hydrogen-bond donors (Lipinski definition) is 3. The highest BCUT2D eigenvalue weighted by molar-refractivity contribution is 7.98. The smallest absolute Gasteiger partial charge is 0.315 e. The molecule has 104 valence electrons. The number of nitrogens with one attached hydrogen (secondary N) is 2. The van der Waals surface area contributed by atoms with Gasteiger partial charge in [0.2, 0.25) is 0 Å². The molecular weight excluding hydrogens is 252 g/mol. The van der Waals surface area contributed by atoms with Crippen LogP contribution in [0.5, 0.6) is 0 Å². The van der Waals surface area contributed by atoms with E-state index in [4.69, 9.17) is 5.11 Å². The molecule has 0 aromatic heterocycles. The number of carbonyl (C=O) groups is 2. The number of urea groups is 1. The van der Waals surface area contributed by atoms with Gasteiger partial charge >= 0.3 is 12.0 Å². The molecule has 3 N–H and O–H groups in total. The van der Waals surface area contributed by atoms with Crippen LogP contribution in [0, 0.1) is 5.41 Å². The second-order valence-corrected chi connectivity index (χ2v) is 5.93. The summed E-state index contributed by atoms with van der Waals surface area (Å²) in [5, 5.41) is 14.6. The summed E-state index contributed by atoms with van der Waals surface area (Å²) in [5.74, 6) is 0.199. The molecule has 1 aliphatic carbocycles. The Morgan fingerprint density at radius 3 is 2.56 bits per heavy atom. The van der Waals surface area contributed by atoms with Gasteiger partial charge in [0.1, 0.15) is 0 Å². The van der Waals surface area contributed by atoms with Crippen molar-refractivity contribution in [2.45, 2.75) is 38.6 Å². The molecule has 2 amide bonds. The van der Waals surface area contributed by atoms with Crippen molar-refractivity contribution in [1.82, 2.24) is 10.6 Å². The predicted molar refractivity (Wildman–Crippen MR) is 72.9 cm³/mol. The third-order valence-electron chi connectivity index (χ3n) is 3.48. The SMILES string of the molecule is CSCCC(C)NC(=O)NCC1(C(=O)O)CCC1. The topological polar surface area (TPSA) is 78.4 Å². The van der Waals surface area contributed by atoms with Crippen molar-refractivity contribution in [2.75, 3.05) is 18.6 Å². The number of carboxylic acid groups (broad SMARTS) is 1. The Kier molecular flexibility index (Phi) is 5.78. The lowest BCUT2D eigenvalue weighted by Crippen LogP contribution is -2.50. The van der Waals surface area contributed by atoms with Crippen LogP contribution in [0.3, 0.4) is 0 Å². The minimum atomic E-state index is -0.801. The van der Waals surface area contributed by atoms with E-state index in [1.165, 1.54) is 0 Å². The van der Waals surface area contributed by atoms with Gasteiger partial charge in [0.05, 0.1) is 5.41 Å². The van der Waals surface area contributed by atoms with Crippen LogP contribution in [0.15, 0.2) is 0 Å². The Labute approximate surface area is 112 Å². The Hall–Kier alpha value is -0.910. The monoisotopic (exact) mass is 274 g/mol. The summed E-state index contributed by atoms with van der Waals surface area (Å²) in [6.45, 7) is 2.18. The zero-order chi connectivity index (χ0) is 13.6. The van der Waals surface area contributed by atoms with Gasteiger partial charge in [0.15, 0.2) is 0 Å². The fourth-order valence-electron chi connectivity index (χ4n) is 1.96. The summed E-state index contributed by atoms with van der Waals surface area (Å²) >= 11 is 1.74. The Morgan fingerprint density at radius 2 is 2.11 bits per heavy atom. The summed E-state index contributed by atoms with van der Waals surface area (Å²) in [4.78, 5) is 22.7. The van der Waals surface area contributed by atoms with Gasteiger partial charge in [-0.1, -0.05) is 6.42 Å². The number of carbonyl (C=O) groups excluding carboxylic acids is 1. The fraction of sp³-hybridized carbons (Fsp3) is 0.833. The minimum absolute atomic E-state index is 0.111. The van der Waals surface area contributed by atoms with E-state index < -0.39 is 11.4 Å². The van der Waals surface area contributed by atoms with E-state index >= 15 is 0 Å². The Balaban J connectivity index is 2.26. The van der Waals surface area contributed by atoms with Gasteiger partial charge < -0.3 is 15.7 Å². The highest BCUT2D eigenvalue weighted by Gasteiger charge is 2.44. The average molecular weight is 274 g/mol. The summed E-state index contributed by atoms with van der Waals surface area (Å²) in [7, 11) is 0. The molecule has 0 saturated heterocycles. The third-order valence-corrected chi connectivity index (χ3v) is 4.13. The summed E-state index contributed by atoms with van der Waals surface area (Å²) in [6.07, 6.45) is 5.19. The Morgan fingerprint density at radius 1 is 1.44 bits per heavy atom. The first-order valence-electron chi connectivity index (χ1n) is 6.27. The molecule has 0 spiro atoms. The third kappa shape index (κ3) is 4.08. The maximum Gasteiger partial charge on any atom is 0.315 e. The van der Waals surface area contributed by atoms with Crippen LogP contribution < -0.4 is 10.6 Å². The van der Waals surface area contributed by atoms with Crippen molar-refractivity contribution in [1.29, 1.82) is 0 Å². The van der Waals surface area contributed by atoms with Gasteiger partial charge in [-0.25, -0.2) is 4.79 Å². The molecular formula is C12H22N2O3S. The van der Waals surface area contributed by atoms with Crippen molar-refractivity contribution >= 4 is 23.8 Å². The zero-order valence-corrected chi connectivity index (χ0v) is 11.8. The fourth-order valence-corrected chi connectivity index (χ4v) is 2.55. The normalized spacial score (nSPS) is 18.6. The molecule has 0 aromatic rings. The number of thioether (sulfide) groups is 1. The van der Waals surface area contributed by atoms with E-state index in [1.54, 1.807) is 11.8 Å². The van der Waals surface area contributed by atoms with E-state index in [0.29, 0.717) is 12.8 Å². The van der Waals surface area contributed by atoms with Gasteiger partial charge in [-0.05, 0) is 38.2 Å². The van der Waals surface area contributed by atoms with E-state index in [9.17, 15) is 9.59 Å². The molecule has 18 heavy (non-hydrogen) atoms. The molecule has 1 atom stereocenters. The minimum Gasteiger partial charge on any atom is -0.481 e. The largest absolute Gasteiger partial charge is 0.481 e. The zero-order valence-electron chi connectivity index (χ0n) is 11.0. The van der Waals surface area contributed by atoms with Crippen molar-refractivity contribution in [3.63, 3.8) is 0 Å². The lowest BCUT2D eigenvalue weighted by molar-refractivity contribution is -0.153. The number of carboxylic acids is 1. The average Bonchev–Trinajstić information content (AvgIpc) is 2.24. The molecule has 0 heterocycles. The Bertz CT molecular complexity index is 306. The van der Waals surface area contributed by atoms with Crippen molar-refractivity contribution in [3.8, 4) is 0 Å². The van der Waals surface area contributed by atoms with E-state index in [0.717, 1.165) is 18.6 Å². The number of aliphatic carboxylic acids is 1. The van der Waals surface area contributed by atoms with Crippen LogP contribution in [-0.2, 0) is 4.79 Å². The number of amides is 2. The van der Waals surface area contributed by atoms with E-state index in [1.807, 2.05) is 13.2 Å². The van der Waals surface area contributed by atoms with E-state index in [2.05, 4.69) is 10.6 Å². The van der Waals surface area contributed by atoms with Gasteiger partial charge in [-0.3, -0.25) is 4.79 Å². The second-order valence-electron chi connectivity index (χ2n) is 4.95. The molecule has 1 unspecified atom stereocenters. The maximum atomic E-state index is 11.6. The highest BCUT2D eigenvalue weighted by Crippen LogP contribution is 2.40. The van der Waals surface area contributed by atoms with Gasteiger partial charge in [-0.2, -0.15) is 11.8 Å². The maximum absolute atomic E-state index is 11.6. The molecule has 1 rings (SSSR count). The van der Waals surface area contributed by atoms with Crippen molar-refractivity contribution in [3.05, 3.63) is 0 Å². The predicted octanol–water partition coefficient (Wildman–Crippen LogP) is 1.68. The van der Waals surface area contributed by atoms with Crippen LogP contribution in [0.1, 0.15) is 32.6 Å².